The lowest BCUT2D eigenvalue weighted by Crippen LogP contribution is -2.30. The fourth-order valence-corrected chi connectivity index (χ4v) is 3.33. The quantitative estimate of drug-likeness (QED) is 0.453. The third-order valence-electron chi connectivity index (χ3n) is 5.00. The van der Waals surface area contributed by atoms with Crippen LogP contribution in [0.1, 0.15) is 42.9 Å². The number of aromatic nitrogens is 3. The fourth-order valence-electron chi connectivity index (χ4n) is 3.33. The summed E-state index contributed by atoms with van der Waals surface area (Å²) in [6.45, 7) is 8.06. The number of nitrogens with one attached hydrogen (secondary N) is 1. The first-order valence-corrected chi connectivity index (χ1v) is 10.0. The monoisotopic (exact) mass is 422 g/mol. The predicted molar refractivity (Wildman–Crippen MR) is 121 cm³/mol. The summed E-state index contributed by atoms with van der Waals surface area (Å²) in [7, 11) is 1.93. The number of carbonyl (C=O) groups is 1. The number of rotatable bonds is 6. The van der Waals surface area contributed by atoms with Gasteiger partial charge in [-0.3, -0.25) is 4.79 Å². The van der Waals surface area contributed by atoms with Crippen molar-refractivity contribution in [2.45, 2.75) is 33.1 Å². The molecule has 0 bridgehead atoms. The number of hydrogen-bond donors (Lipinski definition) is 4. The lowest BCUT2D eigenvalue weighted by Gasteiger charge is -2.08. The lowest BCUT2D eigenvalue weighted by molar-refractivity contribution is 0.102. The zero-order valence-corrected chi connectivity index (χ0v) is 17.8. The number of amides is 1. The third-order valence-corrected chi connectivity index (χ3v) is 5.00. The molecule has 0 saturated carbocycles. The van der Waals surface area contributed by atoms with E-state index in [4.69, 9.17) is 4.98 Å². The molecular formula is C23H26N4O4. The molecule has 8 nitrogen and oxygen atoms in total. The number of pyridine rings is 1. The van der Waals surface area contributed by atoms with E-state index >= 15 is 0 Å². The largest absolute Gasteiger partial charge is 0.504 e. The van der Waals surface area contributed by atoms with Gasteiger partial charge >= 0.3 is 0 Å². The SMILES string of the molecule is C=c1nc(NC(=O)c2cc(O)c(O)c(O)c2)c2nc(CCCC)n(C)c2/c1=C/C=C\C. The van der Waals surface area contributed by atoms with Crippen molar-refractivity contribution in [2.24, 2.45) is 7.05 Å². The minimum Gasteiger partial charge on any atom is -0.504 e. The van der Waals surface area contributed by atoms with Crippen molar-refractivity contribution in [3.63, 3.8) is 0 Å². The Bertz CT molecular complexity index is 1270. The summed E-state index contributed by atoms with van der Waals surface area (Å²) in [5.41, 5.74) is 1.29. The number of aryl methyl sites for hydroxylation is 2. The number of allylic oxidation sites excluding steroid dienone is 2. The minimum atomic E-state index is -0.689. The van der Waals surface area contributed by atoms with Crippen molar-refractivity contribution < 1.29 is 20.1 Å². The Labute approximate surface area is 179 Å². The van der Waals surface area contributed by atoms with Crippen LogP contribution in [0.25, 0.3) is 23.7 Å². The molecule has 0 atom stereocenters. The molecule has 2 aromatic heterocycles. The highest BCUT2D eigenvalue weighted by Crippen LogP contribution is 2.35. The number of nitrogens with zero attached hydrogens (tertiary/aromatic N) is 3. The van der Waals surface area contributed by atoms with E-state index in [2.05, 4.69) is 23.8 Å². The number of anilines is 1. The van der Waals surface area contributed by atoms with Crippen LogP contribution in [0.5, 0.6) is 17.2 Å². The average Bonchev–Trinajstić information content (AvgIpc) is 3.06. The highest BCUT2D eigenvalue weighted by atomic mass is 16.3. The predicted octanol–water partition coefficient (Wildman–Crippen LogP) is 2.45. The average molecular weight is 422 g/mol. The molecular weight excluding hydrogens is 396 g/mol. The second-order valence-corrected chi connectivity index (χ2v) is 7.22. The Balaban J connectivity index is 2.16. The molecule has 1 aromatic carbocycles. The van der Waals surface area contributed by atoms with Crippen LogP contribution in [0.4, 0.5) is 5.82 Å². The number of unbranched alkanes of at least 4 members (excludes halogenated alkanes) is 1. The summed E-state index contributed by atoms with van der Waals surface area (Å²) in [6, 6.07) is 2.12. The van der Waals surface area contributed by atoms with Gasteiger partial charge in [0.15, 0.2) is 23.1 Å². The summed E-state index contributed by atoms with van der Waals surface area (Å²) >= 11 is 0. The molecule has 4 N–H and O–H groups in total. The second-order valence-electron chi connectivity index (χ2n) is 7.22. The molecule has 2 heterocycles. The maximum absolute atomic E-state index is 12.8. The van der Waals surface area contributed by atoms with E-state index in [1.807, 2.05) is 36.8 Å². The molecule has 0 saturated heterocycles. The molecule has 0 spiro atoms. The molecule has 0 aliphatic rings. The number of aromatic hydroxyl groups is 3. The Kier molecular flexibility index (Phi) is 6.29. The maximum Gasteiger partial charge on any atom is 0.257 e. The van der Waals surface area contributed by atoms with Gasteiger partial charge in [0.25, 0.3) is 5.91 Å². The van der Waals surface area contributed by atoms with Crippen LogP contribution < -0.4 is 15.9 Å². The molecule has 0 aliphatic carbocycles. The molecule has 3 rings (SSSR count). The van der Waals surface area contributed by atoms with E-state index < -0.39 is 23.2 Å². The van der Waals surface area contributed by atoms with Gasteiger partial charge < -0.3 is 25.2 Å². The van der Waals surface area contributed by atoms with Gasteiger partial charge in [0.2, 0.25) is 0 Å². The first-order chi connectivity index (χ1) is 14.8. The van der Waals surface area contributed by atoms with Crippen LogP contribution in [0, 0.1) is 0 Å². The molecule has 0 fully saturated rings. The smallest absolute Gasteiger partial charge is 0.257 e. The summed E-state index contributed by atoms with van der Waals surface area (Å²) < 4.78 is 1.99. The molecule has 0 radical (unpaired) electrons. The topological polar surface area (TPSA) is 120 Å². The standard InChI is InChI=1S/C23H26N4O4/c1-5-7-9-15-13(3)24-22(19-20(15)27(4)18(25-19)10-8-6-2)26-23(31)14-11-16(28)21(30)17(29)12-14/h5,7,9,11-12,28-30H,3,6,8,10H2,1-2,4H3,(H,24,26,31)/b7-5-,15-9+. The van der Waals surface area contributed by atoms with Gasteiger partial charge in [-0.1, -0.05) is 38.2 Å². The van der Waals surface area contributed by atoms with Crippen LogP contribution in [0.15, 0.2) is 24.3 Å². The van der Waals surface area contributed by atoms with Gasteiger partial charge in [0.1, 0.15) is 11.3 Å². The van der Waals surface area contributed by atoms with Crippen LogP contribution in [-0.2, 0) is 13.5 Å². The van der Waals surface area contributed by atoms with Gasteiger partial charge in [-0.25, -0.2) is 9.97 Å². The molecule has 162 valence electrons. The summed E-state index contributed by atoms with van der Waals surface area (Å²) in [4.78, 5) is 22.0. The zero-order chi connectivity index (χ0) is 22.7. The van der Waals surface area contributed by atoms with E-state index in [1.54, 1.807) is 0 Å². The first-order valence-electron chi connectivity index (χ1n) is 10.0. The van der Waals surface area contributed by atoms with Crippen LogP contribution in [-0.4, -0.2) is 35.8 Å². The number of phenolic OH excluding ortho intramolecular Hbond substituents is 3. The summed E-state index contributed by atoms with van der Waals surface area (Å²) in [5.74, 6) is -1.41. The van der Waals surface area contributed by atoms with Crippen molar-refractivity contribution in [2.75, 3.05) is 5.32 Å². The number of benzene rings is 1. The molecule has 0 unspecified atom stereocenters. The highest BCUT2D eigenvalue weighted by Gasteiger charge is 2.19. The summed E-state index contributed by atoms with van der Waals surface area (Å²) in [5, 5.41) is 32.9. The van der Waals surface area contributed by atoms with Crippen molar-refractivity contribution in [3.8, 4) is 17.2 Å². The first kappa shape index (κ1) is 21.9. The molecule has 0 aliphatic heterocycles. The van der Waals surface area contributed by atoms with Crippen LogP contribution in [0.2, 0.25) is 0 Å². The van der Waals surface area contributed by atoms with Gasteiger partial charge in [-0.2, -0.15) is 0 Å². The highest BCUT2D eigenvalue weighted by molar-refractivity contribution is 6.07. The van der Waals surface area contributed by atoms with Crippen molar-refractivity contribution in [1.29, 1.82) is 0 Å². The Morgan fingerprint density at radius 1 is 1.23 bits per heavy atom. The third kappa shape index (κ3) is 4.23. The van der Waals surface area contributed by atoms with E-state index in [-0.39, 0.29) is 11.4 Å². The number of fused-ring (bicyclic) bond motifs is 1. The summed E-state index contributed by atoms with van der Waals surface area (Å²) in [6.07, 6.45) is 8.48. The van der Waals surface area contributed by atoms with Crippen LogP contribution in [0.3, 0.4) is 0 Å². The van der Waals surface area contributed by atoms with Gasteiger partial charge in [0, 0.05) is 24.3 Å². The number of hydrogen-bond acceptors (Lipinski definition) is 6. The van der Waals surface area contributed by atoms with Crippen LogP contribution >= 0.6 is 0 Å². The van der Waals surface area contributed by atoms with Gasteiger partial charge in [-0.15, -0.1) is 0 Å². The lowest BCUT2D eigenvalue weighted by atomic mass is 10.1. The van der Waals surface area contributed by atoms with E-state index in [1.165, 1.54) is 0 Å². The van der Waals surface area contributed by atoms with E-state index in [9.17, 15) is 20.1 Å². The molecule has 8 heteroatoms. The molecule has 31 heavy (non-hydrogen) atoms. The van der Waals surface area contributed by atoms with Crippen molar-refractivity contribution in [3.05, 3.63) is 46.2 Å². The van der Waals surface area contributed by atoms with Crippen molar-refractivity contribution in [1.82, 2.24) is 14.5 Å². The number of carbonyl (C=O) groups excluding carboxylic acids is 1. The maximum atomic E-state index is 12.8. The minimum absolute atomic E-state index is 0.0416. The zero-order valence-electron chi connectivity index (χ0n) is 17.8. The fraction of sp³-hybridized carbons (Fsp3) is 0.261. The van der Waals surface area contributed by atoms with E-state index in [0.717, 1.165) is 48.0 Å². The van der Waals surface area contributed by atoms with Gasteiger partial charge in [-0.05, 0) is 25.5 Å². The number of imidazole rings is 1. The number of phenols is 3. The molecule has 1 amide bonds. The van der Waals surface area contributed by atoms with Gasteiger partial charge in [0.05, 0.1) is 10.9 Å². The Morgan fingerprint density at radius 2 is 1.90 bits per heavy atom. The molecule has 3 aromatic rings. The Morgan fingerprint density at radius 3 is 2.52 bits per heavy atom. The Hall–Kier alpha value is -3.81. The second kappa shape index (κ2) is 8.91. The van der Waals surface area contributed by atoms with Crippen molar-refractivity contribution >= 4 is 35.4 Å². The van der Waals surface area contributed by atoms with E-state index in [0.29, 0.717) is 10.9 Å². The normalized spacial score (nSPS) is 12.2.